The molecule has 0 aliphatic carbocycles. The smallest absolute Gasteiger partial charge is 0.258 e. The van der Waals surface area contributed by atoms with Crippen molar-refractivity contribution < 1.29 is 33.6 Å². The Bertz CT molecular complexity index is 1080. The highest BCUT2D eigenvalue weighted by Gasteiger charge is 2.57. The van der Waals surface area contributed by atoms with Crippen molar-refractivity contribution in [3.05, 3.63) is 60.7 Å². The van der Waals surface area contributed by atoms with Gasteiger partial charge in [-0.3, -0.25) is 4.79 Å². The van der Waals surface area contributed by atoms with Crippen LogP contribution in [0.15, 0.2) is 60.7 Å². The Hall–Kier alpha value is -2.15. The molecule has 0 saturated carbocycles. The van der Waals surface area contributed by atoms with Gasteiger partial charge in [0, 0.05) is 13.5 Å². The van der Waals surface area contributed by atoms with Gasteiger partial charge in [0.1, 0.15) is 18.2 Å². The van der Waals surface area contributed by atoms with E-state index in [0.717, 1.165) is 10.4 Å². The molecule has 2 aliphatic rings. The molecular formula is C30H44N2O7Si. The number of aliphatic hydroxyl groups excluding tert-OH is 1. The number of hydrogen-bond donors (Lipinski definition) is 4. The highest BCUT2D eigenvalue weighted by atomic mass is 28.4. The molecule has 2 aromatic rings. The van der Waals surface area contributed by atoms with E-state index in [1.165, 1.54) is 6.92 Å². The van der Waals surface area contributed by atoms with Gasteiger partial charge in [-0.05, 0) is 42.1 Å². The van der Waals surface area contributed by atoms with E-state index in [2.05, 4.69) is 19.2 Å². The molecule has 4 rings (SSSR count). The molecule has 0 bridgehead atoms. The number of ether oxygens (including phenoxy) is 4. The number of fused-ring (bicyclic) bond motifs is 1. The first-order chi connectivity index (χ1) is 18.9. The number of amides is 1. The number of carbonyl (C=O) groups excluding carboxylic acids is 1. The van der Waals surface area contributed by atoms with Gasteiger partial charge in [-0.1, -0.05) is 74.5 Å². The predicted molar refractivity (Wildman–Crippen MR) is 155 cm³/mol. The third-order valence-corrected chi connectivity index (χ3v) is 12.5. The van der Waals surface area contributed by atoms with Crippen LogP contribution in [-0.4, -0.2) is 79.8 Å². The fourth-order valence-electron chi connectivity index (χ4n) is 5.90. The number of benzene rings is 2. The van der Waals surface area contributed by atoms with Crippen molar-refractivity contribution >= 4 is 24.6 Å². The molecule has 2 fully saturated rings. The highest BCUT2D eigenvalue weighted by Crippen LogP contribution is 2.44. The van der Waals surface area contributed by atoms with Gasteiger partial charge in [-0.15, -0.1) is 0 Å². The maximum Gasteiger partial charge on any atom is 0.258 e. The molecule has 2 heterocycles. The van der Waals surface area contributed by atoms with E-state index in [9.17, 15) is 14.7 Å². The summed E-state index contributed by atoms with van der Waals surface area (Å²) in [6.45, 7) is 9.31. The average molecular weight is 573 g/mol. The van der Waals surface area contributed by atoms with Crippen LogP contribution in [0.5, 0.6) is 0 Å². The number of nitrogens with two attached hydrogens (primary N) is 1. The summed E-state index contributed by atoms with van der Waals surface area (Å²) >= 11 is 0. The van der Waals surface area contributed by atoms with Crippen LogP contribution in [-0.2, 0) is 23.7 Å². The number of nitrogens with one attached hydrogen (secondary N) is 1. The molecule has 6 atom stereocenters. The minimum atomic E-state index is -3.23. The van der Waals surface area contributed by atoms with Gasteiger partial charge in [-0.2, -0.15) is 0 Å². The zero-order chi connectivity index (χ0) is 29.1. The molecule has 2 aromatic carbocycles. The lowest BCUT2D eigenvalue weighted by Crippen LogP contribution is -2.66. The normalized spacial score (nSPS) is 27.1. The lowest BCUT2D eigenvalue weighted by Gasteiger charge is -2.45. The Kier molecular flexibility index (Phi) is 9.53. The van der Waals surface area contributed by atoms with E-state index in [4.69, 9.17) is 24.7 Å². The van der Waals surface area contributed by atoms with Crippen LogP contribution in [0, 0.1) is 0 Å². The van der Waals surface area contributed by atoms with Crippen LogP contribution in [0.2, 0.25) is 5.04 Å². The van der Waals surface area contributed by atoms with Crippen molar-refractivity contribution in [1.82, 2.24) is 5.32 Å². The Morgan fingerprint density at radius 1 is 1.07 bits per heavy atom. The minimum Gasteiger partial charge on any atom is -0.424 e. The van der Waals surface area contributed by atoms with Crippen LogP contribution >= 0.6 is 0 Å². The molecule has 0 spiro atoms. The quantitative estimate of drug-likeness (QED) is 0.297. The molecule has 0 radical (unpaired) electrons. The van der Waals surface area contributed by atoms with Gasteiger partial charge < -0.3 is 39.9 Å². The summed E-state index contributed by atoms with van der Waals surface area (Å²) < 4.78 is 25.0. The maximum atomic E-state index is 12.6. The molecule has 10 heteroatoms. The van der Waals surface area contributed by atoms with Crippen LogP contribution in [0.3, 0.4) is 0 Å². The third kappa shape index (κ3) is 6.50. The summed E-state index contributed by atoms with van der Waals surface area (Å²) in [6, 6.07) is 19.2. The van der Waals surface area contributed by atoms with Crippen molar-refractivity contribution in [1.29, 1.82) is 0 Å². The van der Waals surface area contributed by atoms with Crippen molar-refractivity contribution in [2.75, 3.05) is 13.2 Å². The van der Waals surface area contributed by atoms with Crippen molar-refractivity contribution in [2.24, 2.45) is 5.73 Å². The summed E-state index contributed by atoms with van der Waals surface area (Å²) in [5.41, 5.74) is 5.58. The third-order valence-electron chi connectivity index (χ3n) is 8.00. The largest absolute Gasteiger partial charge is 0.424 e. The molecule has 1 amide bonds. The molecule has 0 aromatic heterocycles. The lowest BCUT2D eigenvalue weighted by molar-refractivity contribution is -0.251. The van der Waals surface area contributed by atoms with Crippen molar-refractivity contribution in [2.45, 2.75) is 95.0 Å². The van der Waals surface area contributed by atoms with E-state index in [-0.39, 0.29) is 19.1 Å². The Labute approximate surface area is 238 Å². The summed E-state index contributed by atoms with van der Waals surface area (Å²) in [6.07, 6.45) is -2.01. The molecule has 5 N–H and O–H groups in total. The number of hydrogen-bond acceptors (Lipinski definition) is 8. The van der Waals surface area contributed by atoms with Crippen molar-refractivity contribution in [3.8, 4) is 0 Å². The molecule has 6 unspecified atom stereocenters. The predicted octanol–water partition coefficient (Wildman–Crippen LogP) is 1.38. The SMILES string of the molecule is CC(=O)NC1C(OCC(O)CN)OC(CCC(C)(C)[Si](O)(c2ccccc2)c2ccccc2)C2OC(C)(C)OC12. The first kappa shape index (κ1) is 30.8. The second-order valence-corrected chi connectivity index (χ2v) is 15.9. The zero-order valence-corrected chi connectivity index (χ0v) is 25.1. The van der Waals surface area contributed by atoms with Gasteiger partial charge >= 0.3 is 0 Å². The topological polar surface area (TPSA) is 132 Å². The van der Waals surface area contributed by atoms with Crippen LogP contribution in [0.4, 0.5) is 0 Å². The summed E-state index contributed by atoms with van der Waals surface area (Å²) in [5.74, 6) is -1.15. The number of rotatable bonds is 11. The second-order valence-electron chi connectivity index (χ2n) is 11.9. The van der Waals surface area contributed by atoms with Crippen LogP contribution < -0.4 is 21.4 Å². The van der Waals surface area contributed by atoms with E-state index in [0.29, 0.717) is 12.8 Å². The van der Waals surface area contributed by atoms with E-state index < -0.39 is 55.9 Å². The summed E-state index contributed by atoms with van der Waals surface area (Å²) in [4.78, 5) is 24.7. The van der Waals surface area contributed by atoms with Crippen molar-refractivity contribution in [3.63, 3.8) is 0 Å². The first-order valence-electron chi connectivity index (χ1n) is 14.0. The van der Waals surface area contributed by atoms with E-state index in [1.807, 2.05) is 74.5 Å². The van der Waals surface area contributed by atoms with Crippen LogP contribution in [0.25, 0.3) is 0 Å². The van der Waals surface area contributed by atoms with E-state index in [1.54, 1.807) is 0 Å². The van der Waals surface area contributed by atoms with Gasteiger partial charge in [-0.25, -0.2) is 0 Å². The van der Waals surface area contributed by atoms with Gasteiger partial charge in [0.2, 0.25) is 5.91 Å². The molecule has 220 valence electrons. The van der Waals surface area contributed by atoms with E-state index >= 15 is 0 Å². The Morgan fingerprint density at radius 3 is 2.15 bits per heavy atom. The molecule has 2 saturated heterocycles. The molecule has 9 nitrogen and oxygen atoms in total. The number of aliphatic hydroxyl groups is 1. The van der Waals surface area contributed by atoms with Gasteiger partial charge in [0.15, 0.2) is 12.1 Å². The summed E-state index contributed by atoms with van der Waals surface area (Å²) in [5, 5.41) is 14.3. The van der Waals surface area contributed by atoms with Gasteiger partial charge in [0.05, 0.1) is 18.8 Å². The standard InChI is InChI=1S/C30H44N2O7Si/c1-20(33)32-25-27-26(38-30(4,5)39-27)24(37-28(25)36-19-21(34)18-31)16-17-29(2,3)40(35,22-12-8-6-9-13-22)23-14-10-7-11-15-23/h6-15,21,24-28,34-35H,16-19,31H2,1-5H3,(H,32,33). The summed E-state index contributed by atoms with van der Waals surface area (Å²) in [7, 11) is -3.23. The average Bonchev–Trinajstić information content (AvgIpc) is 3.27. The first-order valence-corrected chi connectivity index (χ1v) is 15.9. The maximum absolute atomic E-state index is 12.6. The fourth-order valence-corrected chi connectivity index (χ4v) is 9.65. The minimum absolute atomic E-state index is 0.0377. The monoisotopic (exact) mass is 572 g/mol. The second kappa shape index (κ2) is 12.4. The Morgan fingerprint density at radius 2 is 1.62 bits per heavy atom. The van der Waals surface area contributed by atoms with Gasteiger partial charge in [0.25, 0.3) is 8.32 Å². The molecular weight excluding hydrogens is 528 g/mol. The lowest BCUT2D eigenvalue weighted by atomic mass is 9.92. The Balaban J connectivity index is 1.62. The number of carbonyl (C=O) groups is 1. The molecule has 40 heavy (non-hydrogen) atoms. The van der Waals surface area contributed by atoms with Crippen LogP contribution in [0.1, 0.15) is 47.5 Å². The zero-order valence-electron chi connectivity index (χ0n) is 24.1. The fraction of sp³-hybridized carbons (Fsp3) is 0.567. The molecule has 2 aliphatic heterocycles. The highest BCUT2D eigenvalue weighted by molar-refractivity contribution is 6.98.